The Kier molecular flexibility index (Phi) is 7.78. The molecule has 0 atom stereocenters. The molecule has 1 aliphatic heterocycles. The normalized spacial score (nSPS) is 14.2. The van der Waals surface area contributed by atoms with Gasteiger partial charge in [-0.3, -0.25) is 14.9 Å². The molecule has 3 heterocycles. The number of nitrogens with zero attached hydrogens (tertiary/aromatic N) is 3. The number of aromatic hydroxyl groups is 1. The smallest absolute Gasteiger partial charge is 0.138 e. The third-order valence-electron chi connectivity index (χ3n) is 3.25. The predicted octanol–water partition coefficient (Wildman–Crippen LogP) is 3.87. The van der Waals surface area contributed by atoms with Crippen molar-refractivity contribution >= 4 is 31.9 Å². The molecular weight excluding hydrogens is 426 g/mol. The summed E-state index contributed by atoms with van der Waals surface area (Å²) in [4.78, 5) is 10.2. The summed E-state index contributed by atoms with van der Waals surface area (Å²) in [6, 6.07) is 3.52. The molecule has 2 aromatic rings. The van der Waals surface area contributed by atoms with E-state index in [0.29, 0.717) is 0 Å². The minimum absolute atomic E-state index is 0.180. The van der Waals surface area contributed by atoms with Crippen LogP contribution in [0.2, 0.25) is 0 Å². The Morgan fingerprint density at radius 3 is 2.22 bits per heavy atom. The zero-order valence-corrected chi connectivity index (χ0v) is 15.8. The summed E-state index contributed by atoms with van der Waals surface area (Å²) in [5, 5.41) is 8.72. The second-order valence-corrected chi connectivity index (χ2v) is 6.93. The molecule has 0 bridgehead atoms. The summed E-state index contributed by atoms with van der Waals surface area (Å²) in [5.74, 6) is 1.02. The van der Waals surface area contributed by atoms with Crippen LogP contribution in [0.25, 0.3) is 0 Å². The van der Waals surface area contributed by atoms with Gasteiger partial charge in [-0.1, -0.05) is 0 Å². The van der Waals surface area contributed by atoms with E-state index in [2.05, 4.69) is 46.7 Å². The highest BCUT2D eigenvalue weighted by Crippen LogP contribution is 2.16. The van der Waals surface area contributed by atoms with Gasteiger partial charge in [-0.2, -0.15) is 0 Å². The minimum atomic E-state index is 0.180. The molecule has 2 aromatic heterocycles. The molecule has 0 aromatic carbocycles. The number of ether oxygens (including phenoxy) is 1. The molecule has 0 unspecified atom stereocenters. The lowest BCUT2D eigenvalue weighted by Crippen LogP contribution is -2.25. The van der Waals surface area contributed by atoms with Crippen molar-refractivity contribution in [3.8, 4) is 11.5 Å². The fourth-order valence-electron chi connectivity index (χ4n) is 2.17. The molecule has 0 amide bonds. The quantitative estimate of drug-likeness (QED) is 0.775. The Morgan fingerprint density at radius 2 is 1.65 bits per heavy atom. The number of likely N-dealkylation sites (tertiary alicyclic amines) is 1. The molecule has 1 saturated heterocycles. The topological polar surface area (TPSA) is 58.5 Å². The van der Waals surface area contributed by atoms with Crippen LogP contribution in [0.4, 0.5) is 0 Å². The highest BCUT2D eigenvalue weighted by molar-refractivity contribution is 9.10. The maximum atomic E-state index is 8.72. The summed E-state index contributed by atoms with van der Waals surface area (Å²) in [7, 11) is 0. The Morgan fingerprint density at radius 1 is 1.00 bits per heavy atom. The van der Waals surface area contributed by atoms with Crippen LogP contribution < -0.4 is 4.74 Å². The van der Waals surface area contributed by atoms with Crippen LogP contribution in [0.15, 0.2) is 45.9 Å². The van der Waals surface area contributed by atoms with Gasteiger partial charge in [0.05, 0.1) is 12.4 Å². The number of pyridine rings is 2. The highest BCUT2D eigenvalue weighted by Gasteiger charge is 2.10. The van der Waals surface area contributed by atoms with Crippen molar-refractivity contribution in [3.63, 3.8) is 0 Å². The Hall–Kier alpha value is -1.18. The molecule has 7 heteroatoms. The van der Waals surface area contributed by atoms with Crippen molar-refractivity contribution in [2.24, 2.45) is 0 Å². The zero-order valence-electron chi connectivity index (χ0n) is 12.7. The maximum Gasteiger partial charge on any atom is 0.138 e. The Labute approximate surface area is 153 Å². The first-order chi connectivity index (χ1) is 11.1. The van der Waals surface area contributed by atoms with E-state index in [-0.39, 0.29) is 5.75 Å². The molecule has 1 aliphatic rings. The number of aromatic nitrogens is 2. The summed E-state index contributed by atoms with van der Waals surface area (Å²) in [6.07, 6.45) is 9.16. The average Bonchev–Trinajstić information content (AvgIpc) is 3.01. The lowest BCUT2D eigenvalue weighted by Gasteiger charge is -2.14. The summed E-state index contributed by atoms with van der Waals surface area (Å²) in [6.45, 7) is 4.21. The SMILES string of the molecule is Brc1cncc(OCCN2CCCC2)c1.Oc1cncc(Br)c1. The molecule has 23 heavy (non-hydrogen) atoms. The van der Waals surface area contributed by atoms with Crippen LogP contribution in [0.1, 0.15) is 12.8 Å². The van der Waals surface area contributed by atoms with Crippen LogP contribution in [-0.2, 0) is 0 Å². The van der Waals surface area contributed by atoms with Crippen molar-refractivity contribution in [2.75, 3.05) is 26.2 Å². The van der Waals surface area contributed by atoms with E-state index >= 15 is 0 Å². The third-order valence-corrected chi connectivity index (χ3v) is 4.11. The predicted molar refractivity (Wildman–Crippen MR) is 96.7 cm³/mol. The van der Waals surface area contributed by atoms with Gasteiger partial charge in [0.15, 0.2) is 0 Å². The maximum absolute atomic E-state index is 8.72. The fourth-order valence-corrected chi connectivity index (χ4v) is 2.87. The molecule has 0 radical (unpaired) electrons. The first kappa shape index (κ1) is 18.2. The van der Waals surface area contributed by atoms with Crippen molar-refractivity contribution in [3.05, 3.63) is 45.9 Å². The largest absolute Gasteiger partial charge is 0.506 e. The van der Waals surface area contributed by atoms with Gasteiger partial charge in [0, 0.05) is 27.9 Å². The molecule has 1 fully saturated rings. The van der Waals surface area contributed by atoms with Gasteiger partial charge < -0.3 is 9.84 Å². The van der Waals surface area contributed by atoms with E-state index in [1.54, 1.807) is 24.7 Å². The first-order valence-electron chi connectivity index (χ1n) is 7.39. The fraction of sp³-hybridized carbons (Fsp3) is 0.375. The monoisotopic (exact) mass is 443 g/mol. The van der Waals surface area contributed by atoms with Gasteiger partial charge in [-0.15, -0.1) is 0 Å². The van der Waals surface area contributed by atoms with Gasteiger partial charge >= 0.3 is 0 Å². The second kappa shape index (κ2) is 9.85. The molecule has 0 aliphatic carbocycles. The van der Waals surface area contributed by atoms with Crippen molar-refractivity contribution in [1.82, 2.24) is 14.9 Å². The van der Waals surface area contributed by atoms with E-state index in [1.807, 2.05) is 6.07 Å². The third kappa shape index (κ3) is 7.28. The Bertz CT molecular complexity index is 590. The van der Waals surface area contributed by atoms with Gasteiger partial charge in [0.1, 0.15) is 18.1 Å². The second-order valence-electron chi connectivity index (χ2n) is 5.10. The van der Waals surface area contributed by atoms with Crippen LogP contribution in [0.5, 0.6) is 11.5 Å². The van der Waals surface area contributed by atoms with Crippen molar-refractivity contribution in [2.45, 2.75) is 12.8 Å². The van der Waals surface area contributed by atoms with Crippen LogP contribution in [0.3, 0.4) is 0 Å². The summed E-state index contributed by atoms with van der Waals surface area (Å²) in [5.41, 5.74) is 0. The van der Waals surface area contributed by atoms with E-state index in [0.717, 1.165) is 27.8 Å². The van der Waals surface area contributed by atoms with E-state index < -0.39 is 0 Å². The van der Waals surface area contributed by atoms with Gasteiger partial charge in [0.2, 0.25) is 0 Å². The summed E-state index contributed by atoms with van der Waals surface area (Å²) < 4.78 is 7.36. The van der Waals surface area contributed by atoms with Crippen molar-refractivity contribution in [1.29, 1.82) is 0 Å². The lowest BCUT2D eigenvalue weighted by atomic mass is 10.4. The number of hydrogen-bond donors (Lipinski definition) is 1. The summed E-state index contributed by atoms with van der Waals surface area (Å²) >= 11 is 6.51. The molecule has 124 valence electrons. The van der Waals surface area contributed by atoms with Crippen LogP contribution in [0, 0.1) is 0 Å². The van der Waals surface area contributed by atoms with E-state index in [1.165, 1.54) is 32.1 Å². The number of halogens is 2. The molecule has 0 spiro atoms. The minimum Gasteiger partial charge on any atom is -0.506 e. The van der Waals surface area contributed by atoms with Gasteiger partial charge in [0.25, 0.3) is 0 Å². The Balaban J connectivity index is 0.000000203. The zero-order chi connectivity index (χ0) is 16.5. The highest BCUT2D eigenvalue weighted by atomic mass is 79.9. The van der Waals surface area contributed by atoms with E-state index in [9.17, 15) is 0 Å². The lowest BCUT2D eigenvalue weighted by molar-refractivity contribution is 0.237. The van der Waals surface area contributed by atoms with Gasteiger partial charge in [-0.05, 0) is 69.9 Å². The molecule has 1 N–H and O–H groups in total. The molecule has 0 saturated carbocycles. The van der Waals surface area contributed by atoms with E-state index in [4.69, 9.17) is 9.84 Å². The molecule has 5 nitrogen and oxygen atoms in total. The first-order valence-corrected chi connectivity index (χ1v) is 8.97. The molecular formula is C16H19Br2N3O2. The van der Waals surface area contributed by atoms with Crippen molar-refractivity contribution < 1.29 is 9.84 Å². The van der Waals surface area contributed by atoms with Crippen LogP contribution >= 0.6 is 31.9 Å². The average molecular weight is 445 g/mol. The van der Waals surface area contributed by atoms with Crippen LogP contribution in [-0.4, -0.2) is 46.2 Å². The number of rotatable bonds is 4. The van der Waals surface area contributed by atoms with Gasteiger partial charge in [-0.25, -0.2) is 0 Å². The standard InChI is InChI=1S/C11H15BrN2O.C5H4BrNO/c12-10-7-11(9-13-8-10)15-6-5-14-3-1-2-4-14;6-4-1-5(8)3-7-2-4/h7-9H,1-6H2;1-3,8H. The number of hydrogen-bond acceptors (Lipinski definition) is 5. The molecule has 3 rings (SSSR count).